The predicted molar refractivity (Wildman–Crippen MR) is 71.5 cm³/mol. The van der Waals surface area contributed by atoms with Gasteiger partial charge >= 0.3 is 5.97 Å². The summed E-state index contributed by atoms with van der Waals surface area (Å²) < 4.78 is 10.4. The largest absolute Gasteiger partial charge is 0.485 e. The third kappa shape index (κ3) is 3.83. The summed E-state index contributed by atoms with van der Waals surface area (Å²) in [7, 11) is 0. The quantitative estimate of drug-likeness (QED) is 0.853. The van der Waals surface area contributed by atoms with Crippen molar-refractivity contribution in [2.75, 3.05) is 0 Å². The highest BCUT2D eigenvalue weighted by Crippen LogP contribution is 2.24. The van der Waals surface area contributed by atoms with Gasteiger partial charge in [-0.3, -0.25) is 0 Å². The minimum atomic E-state index is -1.05. The molecule has 104 valence electrons. The summed E-state index contributed by atoms with van der Waals surface area (Å²) in [6.45, 7) is 1.80. The number of hydrogen-bond acceptors (Lipinski definition) is 5. The van der Waals surface area contributed by atoms with Crippen LogP contribution < -0.4 is 4.74 Å². The van der Waals surface area contributed by atoms with Gasteiger partial charge in [-0.25, -0.2) is 4.79 Å². The van der Waals surface area contributed by atoms with Gasteiger partial charge in [0.15, 0.2) is 6.61 Å². The van der Waals surface area contributed by atoms with Crippen molar-refractivity contribution in [1.82, 2.24) is 10.1 Å². The van der Waals surface area contributed by atoms with Crippen LogP contribution in [0.4, 0.5) is 0 Å². The van der Waals surface area contributed by atoms with E-state index in [0.717, 1.165) is 6.08 Å². The molecule has 2 rings (SSSR count). The fourth-order valence-corrected chi connectivity index (χ4v) is 1.66. The molecular formula is C13H11ClN2O4. The summed E-state index contributed by atoms with van der Waals surface area (Å²) >= 11 is 5.88. The highest BCUT2D eigenvalue weighted by atomic mass is 35.5. The van der Waals surface area contributed by atoms with Gasteiger partial charge in [-0.2, -0.15) is 4.98 Å². The number of halogens is 1. The van der Waals surface area contributed by atoms with Crippen molar-refractivity contribution in [1.29, 1.82) is 0 Å². The van der Waals surface area contributed by atoms with Gasteiger partial charge in [-0.1, -0.05) is 16.8 Å². The Kier molecular flexibility index (Phi) is 4.37. The molecule has 0 unspecified atom stereocenters. The molecule has 0 aliphatic carbocycles. The Morgan fingerprint density at radius 3 is 3.00 bits per heavy atom. The lowest BCUT2D eigenvalue weighted by atomic mass is 10.2. The van der Waals surface area contributed by atoms with Gasteiger partial charge in [0.2, 0.25) is 11.7 Å². The van der Waals surface area contributed by atoms with E-state index in [1.807, 2.05) is 0 Å². The van der Waals surface area contributed by atoms with E-state index in [4.69, 9.17) is 26.0 Å². The molecular weight excluding hydrogens is 284 g/mol. The molecule has 2 aromatic rings. The lowest BCUT2D eigenvalue weighted by Crippen LogP contribution is -1.99. The highest BCUT2D eigenvalue weighted by Gasteiger charge is 2.07. The number of aliphatic carboxylic acids is 1. The Labute approximate surface area is 119 Å². The van der Waals surface area contributed by atoms with E-state index in [2.05, 4.69) is 10.1 Å². The van der Waals surface area contributed by atoms with E-state index in [-0.39, 0.29) is 6.61 Å². The number of aryl methyl sites for hydroxylation is 1. The number of benzene rings is 1. The van der Waals surface area contributed by atoms with Crippen molar-refractivity contribution < 1.29 is 19.2 Å². The molecule has 0 aliphatic heterocycles. The summed E-state index contributed by atoms with van der Waals surface area (Å²) in [5.41, 5.74) is 0.556. The average molecular weight is 295 g/mol. The first-order valence-electron chi connectivity index (χ1n) is 5.67. The van der Waals surface area contributed by atoms with Crippen LogP contribution >= 0.6 is 11.6 Å². The number of carbonyl (C=O) groups is 1. The lowest BCUT2D eigenvalue weighted by molar-refractivity contribution is -0.131. The summed E-state index contributed by atoms with van der Waals surface area (Å²) in [5, 5.41) is 12.8. The smallest absolute Gasteiger partial charge is 0.328 e. The first-order valence-corrected chi connectivity index (χ1v) is 6.05. The van der Waals surface area contributed by atoms with E-state index in [1.54, 1.807) is 25.1 Å². The van der Waals surface area contributed by atoms with Gasteiger partial charge in [0.1, 0.15) is 5.75 Å². The maximum absolute atomic E-state index is 10.6. The lowest BCUT2D eigenvalue weighted by Gasteiger charge is -2.07. The van der Waals surface area contributed by atoms with Crippen LogP contribution in [0.3, 0.4) is 0 Å². The number of nitrogens with zero attached hydrogens (tertiary/aromatic N) is 2. The van der Waals surface area contributed by atoms with Gasteiger partial charge in [0.05, 0.1) is 0 Å². The number of rotatable bonds is 5. The molecule has 0 radical (unpaired) electrons. The SMILES string of the molecule is Cc1nc(COc2ccc(Cl)cc2/C=C/C(=O)O)no1. The maximum atomic E-state index is 10.6. The average Bonchev–Trinajstić information content (AvgIpc) is 2.81. The molecule has 0 saturated carbocycles. The van der Waals surface area contributed by atoms with Gasteiger partial charge < -0.3 is 14.4 Å². The van der Waals surface area contributed by atoms with Crippen LogP contribution in [0.1, 0.15) is 17.3 Å². The van der Waals surface area contributed by atoms with Crippen LogP contribution in [-0.2, 0) is 11.4 Å². The summed E-state index contributed by atoms with van der Waals surface area (Å²) in [6.07, 6.45) is 2.42. The standard InChI is InChI=1S/C13H11ClN2O4/c1-8-15-12(16-20-8)7-19-11-4-3-10(14)6-9(11)2-5-13(17)18/h2-6H,7H2,1H3,(H,17,18)/b5-2+. The van der Waals surface area contributed by atoms with Crippen LogP contribution in [0.5, 0.6) is 5.75 Å². The Morgan fingerprint density at radius 2 is 2.35 bits per heavy atom. The van der Waals surface area contributed by atoms with Crippen molar-refractivity contribution in [2.45, 2.75) is 13.5 Å². The first-order chi connectivity index (χ1) is 9.54. The van der Waals surface area contributed by atoms with Crippen LogP contribution in [0.2, 0.25) is 5.02 Å². The summed E-state index contributed by atoms with van der Waals surface area (Å²) in [6, 6.07) is 4.91. The van der Waals surface area contributed by atoms with E-state index in [9.17, 15) is 4.79 Å². The minimum Gasteiger partial charge on any atom is -0.485 e. The molecule has 1 N–H and O–H groups in total. The summed E-state index contributed by atoms with van der Waals surface area (Å²) in [4.78, 5) is 14.6. The second-order valence-corrected chi connectivity index (χ2v) is 4.31. The molecule has 0 saturated heterocycles. The van der Waals surface area contributed by atoms with E-state index in [1.165, 1.54) is 6.08 Å². The van der Waals surface area contributed by atoms with E-state index >= 15 is 0 Å². The second kappa shape index (κ2) is 6.21. The molecule has 0 spiro atoms. The Hall–Kier alpha value is -2.34. The van der Waals surface area contributed by atoms with Crippen molar-refractivity contribution >= 4 is 23.6 Å². The van der Waals surface area contributed by atoms with Crippen molar-refractivity contribution in [3.8, 4) is 5.75 Å². The number of carboxylic acid groups (broad SMARTS) is 1. The molecule has 0 atom stereocenters. The number of carboxylic acids is 1. The fourth-order valence-electron chi connectivity index (χ4n) is 1.48. The zero-order valence-corrected chi connectivity index (χ0v) is 11.3. The molecule has 1 aromatic heterocycles. The third-order valence-corrected chi connectivity index (χ3v) is 2.54. The van der Waals surface area contributed by atoms with E-state index in [0.29, 0.717) is 28.1 Å². The van der Waals surface area contributed by atoms with Crippen LogP contribution in [0.25, 0.3) is 6.08 Å². The molecule has 6 nitrogen and oxygen atoms in total. The zero-order chi connectivity index (χ0) is 14.5. The van der Waals surface area contributed by atoms with Gasteiger partial charge in [-0.05, 0) is 24.3 Å². The Balaban J connectivity index is 2.15. The molecule has 7 heteroatoms. The van der Waals surface area contributed by atoms with Crippen molar-refractivity contribution in [3.63, 3.8) is 0 Å². The molecule has 1 aromatic carbocycles. The predicted octanol–water partition coefficient (Wildman–Crippen LogP) is 2.71. The van der Waals surface area contributed by atoms with Crippen LogP contribution in [0.15, 0.2) is 28.8 Å². The Morgan fingerprint density at radius 1 is 1.55 bits per heavy atom. The molecule has 0 amide bonds. The number of hydrogen-bond donors (Lipinski definition) is 1. The third-order valence-electron chi connectivity index (χ3n) is 2.30. The minimum absolute atomic E-state index is 0.118. The van der Waals surface area contributed by atoms with Gasteiger partial charge in [0.25, 0.3) is 0 Å². The van der Waals surface area contributed by atoms with Crippen molar-refractivity contribution in [2.24, 2.45) is 0 Å². The van der Waals surface area contributed by atoms with Crippen molar-refractivity contribution in [3.05, 3.63) is 46.6 Å². The van der Waals surface area contributed by atoms with Gasteiger partial charge in [0, 0.05) is 23.6 Å². The summed E-state index contributed by atoms with van der Waals surface area (Å²) in [5.74, 6) is 0.287. The Bertz CT molecular complexity index is 652. The first kappa shape index (κ1) is 14.1. The van der Waals surface area contributed by atoms with Crippen LogP contribution in [-0.4, -0.2) is 21.2 Å². The van der Waals surface area contributed by atoms with E-state index < -0.39 is 5.97 Å². The highest BCUT2D eigenvalue weighted by molar-refractivity contribution is 6.30. The molecule has 0 aliphatic rings. The monoisotopic (exact) mass is 294 g/mol. The topological polar surface area (TPSA) is 85.5 Å². The zero-order valence-electron chi connectivity index (χ0n) is 10.5. The fraction of sp³-hybridized carbons (Fsp3) is 0.154. The molecule has 0 bridgehead atoms. The normalized spacial score (nSPS) is 10.9. The number of ether oxygens (including phenoxy) is 1. The molecule has 0 fully saturated rings. The number of aromatic nitrogens is 2. The van der Waals surface area contributed by atoms with Gasteiger partial charge in [-0.15, -0.1) is 0 Å². The van der Waals surface area contributed by atoms with Crippen LogP contribution in [0, 0.1) is 6.92 Å². The maximum Gasteiger partial charge on any atom is 0.328 e. The second-order valence-electron chi connectivity index (χ2n) is 3.87. The molecule has 20 heavy (non-hydrogen) atoms. The molecule has 1 heterocycles.